The SMILES string of the molecule is CC(C)c1ccc(CSc2nnc(SCc3nc4ccccc4c(=O)n3CC#N)s2)cc1. The zero-order chi connectivity index (χ0) is 22.5. The van der Waals surface area contributed by atoms with E-state index in [-0.39, 0.29) is 12.1 Å². The Balaban J connectivity index is 1.43. The number of nitriles is 1. The molecule has 4 aromatic rings. The molecule has 0 aliphatic carbocycles. The summed E-state index contributed by atoms with van der Waals surface area (Å²) in [5, 5.41) is 18.2. The van der Waals surface area contributed by atoms with Gasteiger partial charge in [0.2, 0.25) is 0 Å². The lowest BCUT2D eigenvalue weighted by atomic mass is 10.0. The molecule has 0 aliphatic rings. The van der Waals surface area contributed by atoms with Gasteiger partial charge in [0.1, 0.15) is 12.4 Å². The predicted molar refractivity (Wildman–Crippen MR) is 131 cm³/mol. The first-order chi connectivity index (χ1) is 15.5. The van der Waals surface area contributed by atoms with Crippen molar-refractivity contribution in [2.24, 2.45) is 0 Å². The van der Waals surface area contributed by atoms with Crippen LogP contribution >= 0.6 is 34.9 Å². The van der Waals surface area contributed by atoms with Crippen molar-refractivity contribution >= 4 is 45.8 Å². The largest absolute Gasteiger partial charge is 0.281 e. The Bertz CT molecular complexity index is 1320. The lowest BCUT2D eigenvalue weighted by molar-refractivity contribution is 0.730. The van der Waals surface area contributed by atoms with E-state index in [1.807, 2.05) is 12.1 Å². The molecule has 0 bridgehead atoms. The number of fused-ring (bicyclic) bond motifs is 1. The Morgan fingerprint density at radius 1 is 1.03 bits per heavy atom. The highest BCUT2D eigenvalue weighted by Crippen LogP contribution is 2.32. The molecule has 0 amide bonds. The van der Waals surface area contributed by atoms with Crippen molar-refractivity contribution in [3.05, 3.63) is 75.8 Å². The second-order valence-electron chi connectivity index (χ2n) is 7.40. The van der Waals surface area contributed by atoms with Crippen molar-refractivity contribution in [3.8, 4) is 6.07 Å². The van der Waals surface area contributed by atoms with Gasteiger partial charge >= 0.3 is 0 Å². The number of rotatable bonds is 8. The zero-order valence-electron chi connectivity index (χ0n) is 17.7. The van der Waals surface area contributed by atoms with Gasteiger partial charge in [-0.25, -0.2) is 4.98 Å². The van der Waals surface area contributed by atoms with E-state index in [2.05, 4.69) is 59.4 Å². The van der Waals surface area contributed by atoms with Crippen LogP contribution in [0.3, 0.4) is 0 Å². The van der Waals surface area contributed by atoms with Crippen molar-refractivity contribution in [1.29, 1.82) is 5.26 Å². The predicted octanol–water partition coefficient (Wildman–Crippen LogP) is 5.48. The molecule has 162 valence electrons. The fourth-order valence-corrected chi connectivity index (χ4v) is 6.06. The summed E-state index contributed by atoms with van der Waals surface area (Å²) in [6.45, 7) is 4.36. The number of para-hydroxylation sites is 1. The molecule has 0 fully saturated rings. The van der Waals surface area contributed by atoms with Crippen LogP contribution in [0.1, 0.15) is 36.7 Å². The average Bonchev–Trinajstić information content (AvgIpc) is 3.26. The fraction of sp³-hybridized carbons (Fsp3) is 0.261. The van der Waals surface area contributed by atoms with E-state index in [9.17, 15) is 4.79 Å². The number of thioether (sulfide) groups is 2. The summed E-state index contributed by atoms with van der Waals surface area (Å²) in [4.78, 5) is 17.4. The molecule has 6 nitrogen and oxygen atoms in total. The van der Waals surface area contributed by atoms with Crippen LogP contribution in [0.25, 0.3) is 10.9 Å². The van der Waals surface area contributed by atoms with Crippen LogP contribution in [0.15, 0.2) is 62.0 Å². The van der Waals surface area contributed by atoms with E-state index in [1.165, 1.54) is 38.8 Å². The lowest BCUT2D eigenvalue weighted by Gasteiger charge is -2.09. The first kappa shape index (κ1) is 22.5. The van der Waals surface area contributed by atoms with Crippen LogP contribution in [0.2, 0.25) is 0 Å². The molecule has 9 heteroatoms. The second-order valence-corrected chi connectivity index (χ2v) is 10.8. The first-order valence-electron chi connectivity index (χ1n) is 10.1. The normalized spacial score (nSPS) is 11.2. The van der Waals surface area contributed by atoms with Crippen LogP contribution in [0, 0.1) is 11.3 Å². The van der Waals surface area contributed by atoms with Gasteiger partial charge in [0.15, 0.2) is 8.68 Å². The topological polar surface area (TPSA) is 84.5 Å². The maximum atomic E-state index is 12.8. The molecule has 2 aromatic carbocycles. The van der Waals surface area contributed by atoms with Crippen LogP contribution in [-0.2, 0) is 18.1 Å². The van der Waals surface area contributed by atoms with Gasteiger partial charge in [0.25, 0.3) is 5.56 Å². The molecule has 0 radical (unpaired) electrons. The minimum atomic E-state index is -0.190. The van der Waals surface area contributed by atoms with Crippen LogP contribution in [-0.4, -0.2) is 19.7 Å². The molecule has 0 saturated carbocycles. The van der Waals surface area contributed by atoms with Gasteiger partial charge in [0.05, 0.1) is 22.7 Å². The Labute approximate surface area is 198 Å². The van der Waals surface area contributed by atoms with Gasteiger partial charge in [-0.3, -0.25) is 9.36 Å². The summed E-state index contributed by atoms with van der Waals surface area (Å²) >= 11 is 4.67. The van der Waals surface area contributed by atoms with E-state index in [0.29, 0.717) is 28.4 Å². The van der Waals surface area contributed by atoms with Crippen LogP contribution in [0.5, 0.6) is 0 Å². The smallest absolute Gasteiger partial charge is 0.262 e. The van der Waals surface area contributed by atoms with Crippen LogP contribution in [0.4, 0.5) is 0 Å². The standard InChI is InChI=1S/C23H21N5OS3/c1-15(2)17-9-7-16(8-10-17)13-30-22-26-27-23(32-22)31-14-20-25-19-6-4-3-5-18(19)21(29)28(20)12-11-24/h3-10,15H,12-14H2,1-2H3. The van der Waals surface area contributed by atoms with Crippen molar-refractivity contribution in [2.45, 2.75) is 46.5 Å². The molecule has 0 spiro atoms. The zero-order valence-corrected chi connectivity index (χ0v) is 20.1. The summed E-state index contributed by atoms with van der Waals surface area (Å²) in [7, 11) is 0. The highest BCUT2D eigenvalue weighted by molar-refractivity contribution is 8.02. The molecular formula is C23H21N5OS3. The van der Waals surface area contributed by atoms with Gasteiger partial charge in [-0.15, -0.1) is 10.2 Å². The summed E-state index contributed by atoms with van der Waals surface area (Å²) in [6.07, 6.45) is 0. The van der Waals surface area contributed by atoms with Crippen LogP contribution < -0.4 is 5.56 Å². The molecule has 0 unspecified atom stereocenters. The van der Waals surface area contributed by atoms with E-state index in [0.717, 1.165) is 14.4 Å². The number of benzene rings is 2. The van der Waals surface area contributed by atoms with Gasteiger partial charge < -0.3 is 0 Å². The van der Waals surface area contributed by atoms with Crippen molar-refractivity contribution in [3.63, 3.8) is 0 Å². The fourth-order valence-electron chi connectivity index (χ4n) is 3.14. The summed E-state index contributed by atoms with van der Waals surface area (Å²) < 4.78 is 3.15. The molecule has 0 aliphatic heterocycles. The molecular weight excluding hydrogens is 458 g/mol. The van der Waals surface area contributed by atoms with Crippen molar-refractivity contribution < 1.29 is 0 Å². The van der Waals surface area contributed by atoms with E-state index in [1.54, 1.807) is 23.9 Å². The first-order valence-corrected chi connectivity index (χ1v) is 12.9. The highest BCUT2D eigenvalue weighted by atomic mass is 32.2. The van der Waals surface area contributed by atoms with E-state index in [4.69, 9.17) is 5.26 Å². The number of hydrogen-bond acceptors (Lipinski definition) is 8. The minimum Gasteiger partial charge on any atom is -0.281 e. The highest BCUT2D eigenvalue weighted by Gasteiger charge is 2.13. The minimum absolute atomic E-state index is 0.0284. The average molecular weight is 480 g/mol. The quantitative estimate of drug-likeness (QED) is 0.309. The van der Waals surface area contributed by atoms with Crippen molar-refractivity contribution in [1.82, 2.24) is 19.7 Å². The summed E-state index contributed by atoms with van der Waals surface area (Å²) in [5.41, 5.74) is 3.04. The maximum Gasteiger partial charge on any atom is 0.262 e. The van der Waals surface area contributed by atoms with Gasteiger partial charge in [-0.05, 0) is 29.2 Å². The Morgan fingerprint density at radius 2 is 1.72 bits per heavy atom. The molecule has 0 N–H and O–H groups in total. The Morgan fingerprint density at radius 3 is 2.41 bits per heavy atom. The molecule has 0 atom stereocenters. The van der Waals surface area contributed by atoms with Gasteiger partial charge in [0, 0.05) is 5.75 Å². The maximum absolute atomic E-state index is 12.8. The third-order valence-corrected chi connectivity index (χ3v) is 8.15. The second kappa shape index (κ2) is 10.3. The lowest BCUT2D eigenvalue weighted by Crippen LogP contribution is -2.24. The third kappa shape index (κ3) is 5.21. The number of aromatic nitrogens is 4. The molecule has 2 aromatic heterocycles. The van der Waals surface area contributed by atoms with Gasteiger partial charge in [-0.2, -0.15) is 5.26 Å². The number of nitrogens with zero attached hydrogens (tertiary/aromatic N) is 5. The Kier molecular flexibility index (Phi) is 7.25. The summed E-state index contributed by atoms with van der Waals surface area (Å²) in [6, 6.07) is 18.0. The molecule has 4 rings (SSSR count). The third-order valence-electron chi connectivity index (χ3n) is 4.89. The molecule has 32 heavy (non-hydrogen) atoms. The molecule has 2 heterocycles. The van der Waals surface area contributed by atoms with Crippen molar-refractivity contribution in [2.75, 3.05) is 0 Å². The monoisotopic (exact) mass is 479 g/mol. The van der Waals surface area contributed by atoms with E-state index < -0.39 is 0 Å². The van der Waals surface area contributed by atoms with Gasteiger partial charge in [-0.1, -0.05) is 85.1 Å². The van der Waals surface area contributed by atoms with E-state index >= 15 is 0 Å². The summed E-state index contributed by atoms with van der Waals surface area (Å²) in [5.74, 6) is 2.37. The molecule has 0 saturated heterocycles. The number of hydrogen-bond donors (Lipinski definition) is 0. The Hall–Kier alpha value is -2.67.